The molecule has 2 nitrogen and oxygen atoms in total. The third kappa shape index (κ3) is 3.76. The van der Waals surface area contributed by atoms with Gasteiger partial charge in [-0.05, 0) is 63.3 Å². The Balaban J connectivity index is 2.16. The molecule has 4 heteroatoms. The minimum atomic E-state index is 0.414. The van der Waals surface area contributed by atoms with Gasteiger partial charge in [0.25, 0.3) is 0 Å². The van der Waals surface area contributed by atoms with Gasteiger partial charge in [-0.1, -0.05) is 35.8 Å². The molecule has 0 fully saturated rings. The Morgan fingerprint density at radius 3 is 2.50 bits per heavy atom. The molecule has 20 heavy (non-hydrogen) atoms. The predicted molar refractivity (Wildman–Crippen MR) is 91.1 cm³/mol. The number of rotatable bonds is 4. The molecular weight excluding hydrogens is 382 g/mol. The van der Waals surface area contributed by atoms with Crippen LogP contribution >= 0.6 is 31.9 Å². The van der Waals surface area contributed by atoms with Crippen molar-refractivity contribution in [1.82, 2.24) is 0 Å². The lowest BCUT2D eigenvalue weighted by atomic mass is 10.0. The van der Waals surface area contributed by atoms with Crippen LogP contribution in [0.3, 0.4) is 0 Å². The second-order valence-corrected chi connectivity index (χ2v) is 6.75. The summed E-state index contributed by atoms with van der Waals surface area (Å²) < 4.78 is 7.92. The van der Waals surface area contributed by atoms with Gasteiger partial charge >= 0.3 is 0 Å². The molecule has 0 spiro atoms. The molecule has 0 bridgehead atoms. The van der Waals surface area contributed by atoms with E-state index in [2.05, 4.69) is 51.8 Å². The first-order chi connectivity index (χ1) is 9.47. The van der Waals surface area contributed by atoms with Crippen LogP contribution in [0.25, 0.3) is 0 Å². The van der Waals surface area contributed by atoms with E-state index in [4.69, 9.17) is 10.5 Å². The number of nitrogens with two attached hydrogens (primary N) is 1. The maximum Gasteiger partial charge on any atom is 0.123 e. The number of anilines is 1. The van der Waals surface area contributed by atoms with Crippen LogP contribution in [0.2, 0.25) is 0 Å². The van der Waals surface area contributed by atoms with E-state index in [-0.39, 0.29) is 0 Å². The minimum absolute atomic E-state index is 0.414. The Kier molecular flexibility index (Phi) is 5.11. The van der Waals surface area contributed by atoms with Crippen LogP contribution in [0.1, 0.15) is 30.9 Å². The van der Waals surface area contributed by atoms with Gasteiger partial charge in [-0.15, -0.1) is 0 Å². The zero-order chi connectivity index (χ0) is 14.7. The zero-order valence-corrected chi connectivity index (χ0v) is 14.7. The van der Waals surface area contributed by atoms with Crippen LogP contribution in [-0.4, -0.2) is 0 Å². The molecule has 0 saturated carbocycles. The third-order valence-electron chi connectivity index (χ3n) is 3.05. The molecule has 2 N–H and O–H groups in total. The molecule has 0 unspecified atom stereocenters. The second-order valence-electron chi connectivity index (χ2n) is 4.98. The van der Waals surface area contributed by atoms with Crippen LogP contribution in [0.15, 0.2) is 45.3 Å². The lowest BCUT2D eigenvalue weighted by Gasteiger charge is -2.15. The average molecular weight is 399 g/mol. The third-order valence-corrected chi connectivity index (χ3v) is 4.26. The molecule has 2 aromatic rings. The summed E-state index contributed by atoms with van der Waals surface area (Å²) >= 11 is 6.89. The van der Waals surface area contributed by atoms with Crippen molar-refractivity contribution in [2.45, 2.75) is 26.4 Å². The standard InChI is InChI=1S/C16H17Br2NO/c1-10(2)13-8-12(17)4-6-16(13)20-9-11-3-5-14(18)15(19)7-11/h3-8,10H,9,19H2,1-2H3. The average Bonchev–Trinajstić information content (AvgIpc) is 2.41. The van der Waals surface area contributed by atoms with E-state index in [9.17, 15) is 0 Å². The van der Waals surface area contributed by atoms with Gasteiger partial charge in [0.1, 0.15) is 12.4 Å². The zero-order valence-electron chi connectivity index (χ0n) is 11.5. The Hall–Kier alpha value is -1.00. The number of halogens is 2. The monoisotopic (exact) mass is 397 g/mol. The Bertz CT molecular complexity index is 611. The van der Waals surface area contributed by atoms with E-state index in [1.165, 1.54) is 5.56 Å². The molecule has 2 rings (SSSR count). The first-order valence-corrected chi connectivity index (χ1v) is 8.02. The van der Waals surface area contributed by atoms with E-state index in [1.807, 2.05) is 30.3 Å². The van der Waals surface area contributed by atoms with Gasteiger partial charge in [0.2, 0.25) is 0 Å². The summed E-state index contributed by atoms with van der Waals surface area (Å²) in [5.74, 6) is 1.34. The van der Waals surface area contributed by atoms with Crippen molar-refractivity contribution in [3.05, 3.63) is 56.5 Å². The number of ether oxygens (including phenoxy) is 1. The summed E-state index contributed by atoms with van der Waals surface area (Å²) in [6.45, 7) is 4.83. The summed E-state index contributed by atoms with van der Waals surface area (Å²) in [4.78, 5) is 0. The van der Waals surface area contributed by atoms with Crippen LogP contribution < -0.4 is 10.5 Å². The topological polar surface area (TPSA) is 35.2 Å². The number of nitrogen functional groups attached to an aromatic ring is 1. The molecule has 0 aliphatic heterocycles. The van der Waals surface area contributed by atoms with E-state index >= 15 is 0 Å². The fourth-order valence-corrected chi connectivity index (χ4v) is 2.57. The van der Waals surface area contributed by atoms with E-state index in [0.717, 1.165) is 25.9 Å². The molecule has 0 heterocycles. The van der Waals surface area contributed by atoms with Gasteiger partial charge in [-0.2, -0.15) is 0 Å². The minimum Gasteiger partial charge on any atom is -0.489 e. The maximum absolute atomic E-state index is 5.94. The summed E-state index contributed by atoms with van der Waals surface area (Å²) in [6, 6.07) is 12.0. The largest absolute Gasteiger partial charge is 0.489 e. The predicted octanol–water partition coefficient (Wildman–Crippen LogP) is 5.50. The van der Waals surface area contributed by atoms with E-state index in [1.54, 1.807) is 0 Å². The van der Waals surface area contributed by atoms with E-state index in [0.29, 0.717) is 12.5 Å². The van der Waals surface area contributed by atoms with Crippen LogP contribution in [0, 0.1) is 0 Å². The lowest BCUT2D eigenvalue weighted by Crippen LogP contribution is -2.01. The number of hydrogen-bond donors (Lipinski definition) is 1. The molecule has 106 valence electrons. The van der Waals surface area contributed by atoms with Crippen molar-refractivity contribution in [3.8, 4) is 5.75 Å². The van der Waals surface area contributed by atoms with Crippen LogP contribution in [0.5, 0.6) is 5.75 Å². The molecule has 0 atom stereocenters. The Morgan fingerprint density at radius 2 is 1.85 bits per heavy atom. The van der Waals surface area contributed by atoms with Crippen molar-refractivity contribution < 1.29 is 4.74 Å². The van der Waals surface area contributed by atoms with Gasteiger partial charge in [0, 0.05) is 14.6 Å². The molecule has 0 aliphatic carbocycles. The maximum atomic E-state index is 5.94. The van der Waals surface area contributed by atoms with Gasteiger partial charge in [0.05, 0.1) is 0 Å². The molecule has 0 amide bonds. The molecule has 2 aromatic carbocycles. The summed E-state index contributed by atoms with van der Waals surface area (Å²) in [7, 11) is 0. The van der Waals surface area contributed by atoms with Crippen LogP contribution in [-0.2, 0) is 6.61 Å². The quantitative estimate of drug-likeness (QED) is 0.690. The summed E-state index contributed by atoms with van der Waals surface area (Å²) in [5, 5.41) is 0. The summed E-state index contributed by atoms with van der Waals surface area (Å²) in [5.41, 5.74) is 8.86. The van der Waals surface area contributed by atoms with Crippen molar-refractivity contribution in [2.75, 3.05) is 5.73 Å². The van der Waals surface area contributed by atoms with Gasteiger partial charge < -0.3 is 10.5 Å². The Morgan fingerprint density at radius 1 is 1.10 bits per heavy atom. The van der Waals surface area contributed by atoms with Gasteiger partial charge in [0.15, 0.2) is 0 Å². The highest BCUT2D eigenvalue weighted by Crippen LogP contribution is 2.30. The normalized spacial score (nSPS) is 10.8. The fourth-order valence-electron chi connectivity index (χ4n) is 1.95. The number of benzene rings is 2. The number of hydrogen-bond acceptors (Lipinski definition) is 2. The molecule has 0 aromatic heterocycles. The van der Waals surface area contributed by atoms with Crippen molar-refractivity contribution in [1.29, 1.82) is 0 Å². The van der Waals surface area contributed by atoms with Crippen LogP contribution in [0.4, 0.5) is 5.69 Å². The smallest absolute Gasteiger partial charge is 0.123 e. The van der Waals surface area contributed by atoms with Gasteiger partial charge in [-0.25, -0.2) is 0 Å². The highest BCUT2D eigenvalue weighted by molar-refractivity contribution is 9.10. The van der Waals surface area contributed by atoms with Crippen molar-refractivity contribution >= 4 is 37.5 Å². The molecule has 0 radical (unpaired) electrons. The highest BCUT2D eigenvalue weighted by atomic mass is 79.9. The Labute approximate surface area is 136 Å². The van der Waals surface area contributed by atoms with Crippen molar-refractivity contribution in [2.24, 2.45) is 0 Å². The fraction of sp³-hybridized carbons (Fsp3) is 0.250. The van der Waals surface area contributed by atoms with Crippen molar-refractivity contribution in [3.63, 3.8) is 0 Å². The second kappa shape index (κ2) is 6.64. The lowest BCUT2D eigenvalue weighted by molar-refractivity contribution is 0.302. The molecule has 0 saturated heterocycles. The molecule has 0 aliphatic rings. The summed E-state index contributed by atoms with van der Waals surface area (Å²) in [6.07, 6.45) is 0. The first-order valence-electron chi connectivity index (χ1n) is 6.43. The van der Waals surface area contributed by atoms with E-state index < -0.39 is 0 Å². The molecular formula is C16H17Br2NO. The first kappa shape index (κ1) is 15.4. The van der Waals surface area contributed by atoms with Gasteiger partial charge in [-0.3, -0.25) is 0 Å². The SMILES string of the molecule is CC(C)c1cc(Br)ccc1OCc1ccc(Br)c(N)c1. The highest BCUT2D eigenvalue weighted by Gasteiger charge is 2.09.